The third-order valence-electron chi connectivity index (χ3n) is 3.86. The number of carbonyl (C=O) groups excluding carboxylic acids is 1. The van der Waals surface area contributed by atoms with Gasteiger partial charge < -0.3 is 5.32 Å². The van der Waals surface area contributed by atoms with Crippen molar-refractivity contribution in [2.75, 3.05) is 26.2 Å². The molecule has 0 saturated carbocycles. The van der Waals surface area contributed by atoms with Gasteiger partial charge in [-0.25, -0.2) is 0 Å². The normalized spacial score (nSPS) is 18.9. The van der Waals surface area contributed by atoms with E-state index in [2.05, 4.69) is 10.3 Å². The van der Waals surface area contributed by atoms with Crippen molar-refractivity contribution < 1.29 is 18.0 Å². The fourth-order valence-electron chi connectivity index (χ4n) is 2.93. The summed E-state index contributed by atoms with van der Waals surface area (Å²) >= 11 is 0. The van der Waals surface area contributed by atoms with Crippen LogP contribution in [0.25, 0.3) is 0 Å². The van der Waals surface area contributed by atoms with Gasteiger partial charge in [0.1, 0.15) is 0 Å². The van der Waals surface area contributed by atoms with E-state index in [-0.39, 0.29) is 24.4 Å². The summed E-state index contributed by atoms with van der Waals surface area (Å²) in [4.78, 5) is 17.6. The maximum absolute atomic E-state index is 13.1. The first-order valence-corrected chi connectivity index (χ1v) is 7.09. The maximum Gasteiger partial charge on any atom is 0.416 e. The highest BCUT2D eigenvalue weighted by atomic mass is 19.4. The summed E-state index contributed by atoms with van der Waals surface area (Å²) in [7, 11) is 0. The number of piperazine rings is 1. The zero-order valence-electron chi connectivity index (χ0n) is 12.1. The number of halogens is 3. The van der Waals surface area contributed by atoms with Gasteiger partial charge in [-0.1, -0.05) is 0 Å². The van der Waals surface area contributed by atoms with Crippen LogP contribution in [0.3, 0.4) is 0 Å². The van der Waals surface area contributed by atoms with E-state index in [1.54, 1.807) is 13.0 Å². The van der Waals surface area contributed by atoms with E-state index in [1.807, 2.05) is 4.90 Å². The number of rotatable bonds is 2. The van der Waals surface area contributed by atoms with Gasteiger partial charge in [-0.15, -0.1) is 0 Å². The Hall–Kier alpha value is -1.89. The molecule has 0 bridgehead atoms. The second-order valence-corrected chi connectivity index (χ2v) is 5.72. The molecule has 4 nitrogen and oxygen atoms in total. The number of fused-ring (bicyclic) bond motifs is 1. The Balaban J connectivity index is 1.81. The Labute approximate surface area is 126 Å². The highest BCUT2D eigenvalue weighted by Gasteiger charge is 2.36. The van der Waals surface area contributed by atoms with Gasteiger partial charge in [0, 0.05) is 31.8 Å². The summed E-state index contributed by atoms with van der Waals surface area (Å²) in [5, 5.41) is 2.72. The highest BCUT2D eigenvalue weighted by molar-refractivity contribution is 5.96. The number of aliphatic imine (C=N–C) groups is 1. The molecule has 0 radical (unpaired) electrons. The maximum atomic E-state index is 13.1. The second kappa shape index (κ2) is 5.39. The minimum absolute atomic E-state index is 0.0609. The number of alkyl halides is 3. The monoisotopic (exact) mass is 311 g/mol. The van der Waals surface area contributed by atoms with Crippen molar-refractivity contribution in [1.29, 1.82) is 0 Å². The van der Waals surface area contributed by atoms with Crippen LogP contribution in [0, 0.1) is 6.92 Å². The van der Waals surface area contributed by atoms with E-state index in [1.165, 1.54) is 6.07 Å². The van der Waals surface area contributed by atoms with Gasteiger partial charge in [-0.3, -0.25) is 14.7 Å². The van der Waals surface area contributed by atoms with E-state index in [4.69, 9.17) is 0 Å². The molecule has 1 N–H and O–H groups in total. The number of nitrogens with one attached hydrogen (secondary N) is 1. The first-order valence-electron chi connectivity index (χ1n) is 7.09. The number of hydrogen-bond acceptors (Lipinski definition) is 3. The van der Waals surface area contributed by atoms with Crippen LogP contribution in [-0.4, -0.2) is 42.7 Å². The Morgan fingerprint density at radius 2 is 2.14 bits per heavy atom. The molecule has 0 aromatic heterocycles. The molecular formula is C15H16F3N3O. The fraction of sp³-hybridized carbons (Fsp3) is 0.467. The summed E-state index contributed by atoms with van der Waals surface area (Å²) in [5.74, 6) is -0.0609. The summed E-state index contributed by atoms with van der Waals surface area (Å²) < 4.78 is 39.4. The lowest BCUT2D eigenvalue weighted by atomic mass is 9.99. The molecule has 0 spiro atoms. The molecule has 2 heterocycles. The number of nitrogens with zero attached hydrogens (tertiary/aromatic N) is 2. The zero-order valence-corrected chi connectivity index (χ0v) is 12.1. The Morgan fingerprint density at radius 1 is 1.36 bits per heavy atom. The number of amides is 1. The minimum atomic E-state index is -4.37. The van der Waals surface area contributed by atoms with Crippen molar-refractivity contribution in [1.82, 2.24) is 10.2 Å². The van der Waals surface area contributed by atoms with Crippen molar-refractivity contribution in [3.05, 3.63) is 28.8 Å². The molecule has 2 aliphatic rings. The lowest BCUT2D eigenvalue weighted by Crippen LogP contribution is -2.49. The average molecular weight is 311 g/mol. The standard InChI is InChI=1S/C15H16F3N3O/c1-9-4-12(15(16,17)18)11-6-10(20-13(11)5-9)7-21-3-2-19-14(22)8-21/h4-5H,2-3,6-8H2,1H3,(H,19,22). The minimum Gasteiger partial charge on any atom is -0.354 e. The smallest absolute Gasteiger partial charge is 0.354 e. The van der Waals surface area contributed by atoms with Crippen LogP contribution < -0.4 is 5.32 Å². The highest BCUT2D eigenvalue weighted by Crippen LogP contribution is 2.40. The van der Waals surface area contributed by atoms with E-state index in [9.17, 15) is 18.0 Å². The van der Waals surface area contributed by atoms with Crippen molar-refractivity contribution in [3.63, 3.8) is 0 Å². The first-order chi connectivity index (χ1) is 10.3. The number of hydrogen-bond donors (Lipinski definition) is 1. The van der Waals surface area contributed by atoms with Gasteiger partial charge >= 0.3 is 6.18 Å². The lowest BCUT2D eigenvalue weighted by molar-refractivity contribution is -0.138. The topological polar surface area (TPSA) is 44.7 Å². The van der Waals surface area contributed by atoms with Crippen LogP contribution in [0.4, 0.5) is 18.9 Å². The Kier molecular flexibility index (Phi) is 3.68. The van der Waals surface area contributed by atoms with Gasteiger partial charge in [0.15, 0.2) is 0 Å². The second-order valence-electron chi connectivity index (χ2n) is 5.72. The van der Waals surface area contributed by atoms with Crippen molar-refractivity contribution in [2.24, 2.45) is 4.99 Å². The summed E-state index contributed by atoms with van der Waals surface area (Å²) in [6, 6.07) is 2.85. The Morgan fingerprint density at radius 3 is 2.82 bits per heavy atom. The summed E-state index contributed by atoms with van der Waals surface area (Å²) in [5.41, 5.74) is 1.28. The van der Waals surface area contributed by atoms with Crippen LogP contribution >= 0.6 is 0 Å². The lowest BCUT2D eigenvalue weighted by Gasteiger charge is -2.26. The van der Waals surface area contributed by atoms with Gasteiger partial charge in [0.05, 0.1) is 17.8 Å². The molecule has 22 heavy (non-hydrogen) atoms. The zero-order chi connectivity index (χ0) is 15.9. The molecule has 1 amide bonds. The van der Waals surface area contributed by atoms with Gasteiger partial charge in [0.2, 0.25) is 5.91 Å². The molecular weight excluding hydrogens is 295 g/mol. The van der Waals surface area contributed by atoms with Gasteiger partial charge in [0.25, 0.3) is 0 Å². The molecule has 118 valence electrons. The third kappa shape index (κ3) is 2.99. The summed E-state index contributed by atoms with van der Waals surface area (Å²) in [6.45, 7) is 3.58. The van der Waals surface area contributed by atoms with Crippen molar-refractivity contribution >= 4 is 17.3 Å². The number of aryl methyl sites for hydroxylation is 1. The number of carbonyl (C=O) groups is 1. The van der Waals surface area contributed by atoms with E-state index < -0.39 is 11.7 Å². The Bertz CT molecular complexity index is 652. The molecule has 1 aromatic carbocycles. The van der Waals surface area contributed by atoms with Crippen molar-refractivity contribution in [3.8, 4) is 0 Å². The molecule has 2 aliphatic heterocycles. The first kappa shape index (κ1) is 15.0. The molecule has 0 aliphatic carbocycles. The number of benzene rings is 1. The molecule has 3 rings (SSSR count). The molecule has 0 unspecified atom stereocenters. The molecule has 0 atom stereocenters. The average Bonchev–Trinajstić information content (AvgIpc) is 2.78. The van der Waals surface area contributed by atoms with Crippen LogP contribution in [0.5, 0.6) is 0 Å². The van der Waals surface area contributed by atoms with Crippen LogP contribution in [-0.2, 0) is 17.4 Å². The molecule has 7 heteroatoms. The molecule has 1 saturated heterocycles. The SMILES string of the molecule is Cc1cc2c(c(C(F)(F)F)c1)CC(CN1CCNC(=O)C1)=N2. The van der Waals surface area contributed by atoms with Crippen LogP contribution in [0.15, 0.2) is 17.1 Å². The largest absolute Gasteiger partial charge is 0.416 e. The van der Waals surface area contributed by atoms with Crippen LogP contribution in [0.2, 0.25) is 0 Å². The van der Waals surface area contributed by atoms with E-state index >= 15 is 0 Å². The quantitative estimate of drug-likeness (QED) is 0.909. The predicted octanol–water partition coefficient (Wildman–Crippen LogP) is 2.07. The van der Waals surface area contributed by atoms with Crippen molar-refractivity contribution in [2.45, 2.75) is 19.5 Å². The summed E-state index contributed by atoms with van der Waals surface area (Å²) in [6.07, 6.45) is -4.17. The molecule has 1 fully saturated rings. The van der Waals surface area contributed by atoms with E-state index in [0.717, 1.165) is 0 Å². The third-order valence-corrected chi connectivity index (χ3v) is 3.86. The molecule has 1 aromatic rings. The van der Waals surface area contributed by atoms with Gasteiger partial charge in [-0.05, 0) is 30.2 Å². The predicted molar refractivity (Wildman–Crippen MR) is 76.4 cm³/mol. The van der Waals surface area contributed by atoms with Gasteiger partial charge in [-0.2, -0.15) is 13.2 Å². The fourth-order valence-corrected chi connectivity index (χ4v) is 2.93. The van der Waals surface area contributed by atoms with E-state index in [0.29, 0.717) is 36.6 Å². The van der Waals surface area contributed by atoms with Crippen LogP contribution in [0.1, 0.15) is 16.7 Å².